The Bertz CT molecular complexity index is 1270. The summed E-state index contributed by atoms with van der Waals surface area (Å²) in [7, 11) is 2.15. The van der Waals surface area contributed by atoms with Crippen LogP contribution in [0.2, 0.25) is 0 Å². The maximum atomic E-state index is 12.9. The SMILES string of the molecule is C#CCNC(=O)C(C#N)=c1sc(=CNc2cccc(CCN3CCN(C)CC3)c2)c(=O)n1CC. The monoisotopic (exact) mass is 478 g/mol. The predicted molar refractivity (Wildman–Crippen MR) is 137 cm³/mol. The van der Waals surface area contributed by atoms with Crippen LogP contribution in [0.1, 0.15) is 12.5 Å². The van der Waals surface area contributed by atoms with Crippen LogP contribution < -0.4 is 25.4 Å². The van der Waals surface area contributed by atoms with Crippen molar-refractivity contribution >= 4 is 34.7 Å². The number of piperazine rings is 1. The second-order valence-corrected chi connectivity index (χ2v) is 9.11. The van der Waals surface area contributed by atoms with Gasteiger partial charge in [-0.1, -0.05) is 18.1 Å². The summed E-state index contributed by atoms with van der Waals surface area (Å²) in [5, 5.41) is 15.2. The van der Waals surface area contributed by atoms with Crippen LogP contribution in [0.4, 0.5) is 5.69 Å². The number of nitrogens with one attached hydrogen (secondary N) is 2. The zero-order chi connectivity index (χ0) is 24.5. The fourth-order valence-corrected chi connectivity index (χ4v) is 4.82. The minimum atomic E-state index is -0.587. The van der Waals surface area contributed by atoms with Crippen molar-refractivity contribution in [3.8, 4) is 18.4 Å². The van der Waals surface area contributed by atoms with E-state index in [4.69, 9.17) is 6.42 Å². The number of carbonyl (C=O) groups excluding carboxylic acids is 1. The summed E-state index contributed by atoms with van der Waals surface area (Å²) < 4.78 is 2.16. The standard InChI is InChI=1S/C25H30N6O2S/c1-4-10-27-23(32)21(17-26)25-31(5-2)24(33)22(34-25)18-28-20-8-6-7-19(16-20)9-11-30-14-12-29(3)13-15-30/h1,6-8,16,18,28H,5,9-15H2,2-3H3,(H,27,32). The molecule has 0 radical (unpaired) electrons. The highest BCUT2D eigenvalue weighted by molar-refractivity contribution is 7.07. The molecule has 0 saturated carbocycles. The number of benzene rings is 1. The first-order valence-corrected chi connectivity index (χ1v) is 12.1. The van der Waals surface area contributed by atoms with Crippen molar-refractivity contribution < 1.29 is 4.79 Å². The Labute approximate surface area is 203 Å². The van der Waals surface area contributed by atoms with Crippen molar-refractivity contribution in [1.82, 2.24) is 19.7 Å². The number of rotatable bonds is 8. The van der Waals surface area contributed by atoms with E-state index in [0.717, 1.165) is 56.2 Å². The molecule has 0 aliphatic carbocycles. The molecule has 1 saturated heterocycles. The fraction of sp³-hybridized carbons (Fsp3) is 0.400. The minimum absolute atomic E-state index is 0.0113. The molecule has 8 nitrogen and oxygen atoms in total. The van der Waals surface area contributed by atoms with Crippen LogP contribution >= 0.6 is 11.3 Å². The second-order valence-electron chi connectivity index (χ2n) is 8.08. The van der Waals surface area contributed by atoms with E-state index in [1.807, 2.05) is 18.2 Å². The van der Waals surface area contributed by atoms with Crippen LogP contribution in [0.15, 0.2) is 29.1 Å². The smallest absolute Gasteiger partial charge is 0.270 e. The summed E-state index contributed by atoms with van der Waals surface area (Å²) in [6.07, 6.45) is 7.77. The zero-order valence-electron chi connectivity index (χ0n) is 19.6. The molecule has 2 aromatic rings. The van der Waals surface area contributed by atoms with Gasteiger partial charge in [0.25, 0.3) is 11.5 Å². The van der Waals surface area contributed by atoms with Gasteiger partial charge in [0.15, 0.2) is 5.57 Å². The molecular formula is C25H30N6O2S. The Kier molecular flexibility index (Phi) is 9.06. The maximum absolute atomic E-state index is 12.9. The van der Waals surface area contributed by atoms with E-state index >= 15 is 0 Å². The van der Waals surface area contributed by atoms with Crippen LogP contribution in [0.5, 0.6) is 0 Å². The summed E-state index contributed by atoms with van der Waals surface area (Å²) in [5.74, 6) is 1.72. The molecule has 3 rings (SSSR count). The third-order valence-electron chi connectivity index (χ3n) is 5.74. The van der Waals surface area contributed by atoms with Gasteiger partial charge < -0.3 is 20.4 Å². The van der Waals surface area contributed by atoms with E-state index in [0.29, 0.717) is 15.7 Å². The Hall–Kier alpha value is -3.37. The van der Waals surface area contributed by atoms with Gasteiger partial charge >= 0.3 is 0 Å². The summed E-state index contributed by atoms with van der Waals surface area (Å²) in [5.41, 5.74) is 1.73. The Morgan fingerprint density at radius 3 is 2.74 bits per heavy atom. The number of nitriles is 1. The molecule has 1 aliphatic rings. The number of amides is 1. The molecule has 0 spiro atoms. The number of likely N-dealkylation sites (N-methyl/N-ethyl adjacent to an activating group) is 1. The molecule has 1 aromatic carbocycles. The molecule has 1 amide bonds. The highest BCUT2D eigenvalue weighted by atomic mass is 32.1. The lowest BCUT2D eigenvalue weighted by molar-refractivity contribution is -0.115. The molecule has 1 fully saturated rings. The highest BCUT2D eigenvalue weighted by Crippen LogP contribution is 2.12. The van der Waals surface area contributed by atoms with Crippen LogP contribution in [0.3, 0.4) is 0 Å². The van der Waals surface area contributed by atoms with Crippen molar-refractivity contribution in [2.24, 2.45) is 0 Å². The van der Waals surface area contributed by atoms with Crippen LogP contribution in [0, 0.1) is 23.7 Å². The number of anilines is 1. The van der Waals surface area contributed by atoms with E-state index in [1.165, 1.54) is 10.1 Å². The molecule has 34 heavy (non-hydrogen) atoms. The summed E-state index contributed by atoms with van der Waals surface area (Å²) >= 11 is 1.11. The maximum Gasteiger partial charge on any atom is 0.270 e. The number of nitrogens with zero attached hydrogens (tertiary/aromatic N) is 4. The number of carbonyl (C=O) groups is 1. The van der Waals surface area contributed by atoms with Gasteiger partial charge in [-0.15, -0.1) is 17.8 Å². The van der Waals surface area contributed by atoms with Crippen molar-refractivity contribution in [3.63, 3.8) is 0 Å². The molecule has 1 aromatic heterocycles. The Balaban J connectivity index is 1.79. The van der Waals surface area contributed by atoms with Crippen LogP contribution in [0.25, 0.3) is 11.8 Å². The van der Waals surface area contributed by atoms with Crippen molar-refractivity contribution in [3.05, 3.63) is 49.4 Å². The predicted octanol–water partition coefficient (Wildman–Crippen LogP) is -0.00662. The van der Waals surface area contributed by atoms with E-state index in [1.54, 1.807) is 13.1 Å². The van der Waals surface area contributed by atoms with Gasteiger partial charge in [-0.25, -0.2) is 0 Å². The highest BCUT2D eigenvalue weighted by Gasteiger charge is 2.15. The fourth-order valence-electron chi connectivity index (χ4n) is 3.73. The van der Waals surface area contributed by atoms with E-state index < -0.39 is 5.91 Å². The van der Waals surface area contributed by atoms with Crippen molar-refractivity contribution in [1.29, 1.82) is 5.26 Å². The lowest BCUT2D eigenvalue weighted by atomic mass is 10.1. The topological polar surface area (TPSA) is 93.4 Å². The average Bonchev–Trinajstić information content (AvgIpc) is 3.16. The van der Waals surface area contributed by atoms with Crippen LogP contribution in [-0.2, 0) is 17.8 Å². The Morgan fingerprint density at radius 2 is 2.06 bits per heavy atom. The summed E-state index contributed by atoms with van der Waals surface area (Å²) in [6.45, 7) is 7.56. The van der Waals surface area contributed by atoms with Gasteiger partial charge in [-0.2, -0.15) is 5.26 Å². The van der Waals surface area contributed by atoms with E-state index in [2.05, 4.69) is 45.5 Å². The molecular weight excluding hydrogens is 448 g/mol. The first kappa shape index (κ1) is 25.3. The number of terminal acetylenes is 1. The summed E-state index contributed by atoms with van der Waals surface area (Å²) in [4.78, 5) is 30.0. The van der Waals surface area contributed by atoms with Crippen molar-refractivity contribution in [2.75, 3.05) is 51.6 Å². The van der Waals surface area contributed by atoms with E-state index in [-0.39, 0.29) is 17.7 Å². The minimum Gasteiger partial charge on any atom is -0.360 e. The Morgan fingerprint density at radius 1 is 1.29 bits per heavy atom. The van der Waals surface area contributed by atoms with Gasteiger partial charge in [-0.05, 0) is 38.1 Å². The molecule has 9 heteroatoms. The lowest BCUT2D eigenvalue weighted by Crippen LogP contribution is -2.45. The second kappa shape index (κ2) is 12.2. The molecule has 2 N–H and O–H groups in total. The first-order valence-electron chi connectivity index (χ1n) is 11.3. The van der Waals surface area contributed by atoms with Gasteiger partial charge in [0.1, 0.15) is 15.3 Å². The molecule has 1 aliphatic heterocycles. The van der Waals surface area contributed by atoms with Gasteiger partial charge in [0, 0.05) is 51.2 Å². The average molecular weight is 479 g/mol. The zero-order valence-corrected chi connectivity index (χ0v) is 20.5. The molecule has 0 atom stereocenters. The number of aromatic nitrogens is 1. The summed E-state index contributed by atoms with van der Waals surface area (Å²) in [6, 6.07) is 10.0. The molecule has 0 bridgehead atoms. The molecule has 0 unspecified atom stereocenters. The number of hydrogen-bond donors (Lipinski definition) is 2. The number of hydrogen-bond acceptors (Lipinski definition) is 7. The van der Waals surface area contributed by atoms with Gasteiger partial charge in [0.2, 0.25) is 0 Å². The van der Waals surface area contributed by atoms with Gasteiger partial charge in [-0.3, -0.25) is 14.2 Å². The third-order valence-corrected chi connectivity index (χ3v) is 6.87. The van der Waals surface area contributed by atoms with Gasteiger partial charge in [0.05, 0.1) is 6.54 Å². The number of thiazole rings is 1. The molecule has 178 valence electrons. The first-order chi connectivity index (χ1) is 16.5. The quantitative estimate of drug-likeness (QED) is 0.519. The van der Waals surface area contributed by atoms with Crippen molar-refractivity contribution in [2.45, 2.75) is 19.9 Å². The largest absolute Gasteiger partial charge is 0.360 e. The lowest BCUT2D eigenvalue weighted by Gasteiger charge is -2.32. The van der Waals surface area contributed by atoms with E-state index in [9.17, 15) is 14.9 Å². The normalized spacial score (nSPS) is 15.9. The third kappa shape index (κ3) is 6.36. The molecule has 2 heterocycles. The van der Waals surface area contributed by atoms with Crippen LogP contribution in [-0.4, -0.2) is 66.6 Å².